The van der Waals surface area contributed by atoms with Crippen molar-refractivity contribution >= 4 is 0 Å². The minimum absolute atomic E-state index is 0.0576. The lowest BCUT2D eigenvalue weighted by Crippen LogP contribution is -2.24. The number of benzene rings is 2. The second-order valence-electron chi connectivity index (χ2n) is 6.16. The molecule has 0 atom stereocenters. The van der Waals surface area contributed by atoms with Gasteiger partial charge in [0.25, 0.3) is 0 Å². The molecule has 0 N–H and O–H groups in total. The van der Waals surface area contributed by atoms with Crippen molar-refractivity contribution in [2.75, 3.05) is 0 Å². The number of rotatable bonds is 4. The van der Waals surface area contributed by atoms with Crippen molar-refractivity contribution in [3.8, 4) is 17.1 Å². The van der Waals surface area contributed by atoms with Crippen LogP contribution in [0.5, 0.6) is 5.75 Å². The van der Waals surface area contributed by atoms with E-state index in [9.17, 15) is 35.1 Å². The van der Waals surface area contributed by atoms with Crippen molar-refractivity contribution in [1.82, 2.24) is 9.97 Å². The largest absolute Gasteiger partial charge is 0.429 e. The van der Waals surface area contributed by atoms with Crippen molar-refractivity contribution in [1.29, 1.82) is 0 Å². The molecule has 0 amide bonds. The molecule has 2 aromatic carbocycles. The van der Waals surface area contributed by atoms with Gasteiger partial charge in [0.05, 0.1) is 5.56 Å². The van der Waals surface area contributed by atoms with Crippen molar-refractivity contribution in [2.24, 2.45) is 0 Å². The Bertz CT molecular complexity index is 1060. The lowest BCUT2D eigenvalue weighted by atomic mass is 10.1. The number of aryl methyl sites for hydroxylation is 1. The highest BCUT2D eigenvalue weighted by Crippen LogP contribution is 2.38. The smallest absolute Gasteiger partial charge is 0.429 e. The third-order valence-electron chi connectivity index (χ3n) is 3.87. The Balaban J connectivity index is 1.91. The van der Waals surface area contributed by atoms with Crippen LogP contribution < -0.4 is 4.74 Å². The molecule has 1 aromatic heterocycles. The number of hydrogen-bond acceptors (Lipinski definition) is 3. The fourth-order valence-electron chi connectivity index (χ4n) is 2.51. The first kappa shape index (κ1) is 21.5. The van der Waals surface area contributed by atoms with E-state index in [4.69, 9.17) is 0 Å². The second-order valence-corrected chi connectivity index (χ2v) is 6.16. The van der Waals surface area contributed by atoms with Crippen LogP contribution >= 0.6 is 0 Å². The van der Waals surface area contributed by atoms with Crippen molar-refractivity contribution in [2.45, 2.75) is 19.2 Å². The monoisotopic (exact) mass is 434 g/mol. The molecule has 1 heterocycles. The lowest BCUT2D eigenvalue weighted by Gasteiger charge is -2.20. The zero-order chi connectivity index (χ0) is 22.3. The Morgan fingerprint density at radius 3 is 1.87 bits per heavy atom. The van der Waals surface area contributed by atoms with E-state index in [1.54, 1.807) is 6.92 Å². The van der Waals surface area contributed by atoms with Crippen molar-refractivity contribution in [3.05, 3.63) is 76.9 Å². The number of alkyl halides is 5. The molecule has 0 saturated carbocycles. The van der Waals surface area contributed by atoms with Gasteiger partial charge in [-0.25, -0.2) is 23.1 Å². The average Bonchev–Trinajstić information content (AvgIpc) is 2.59. The molecule has 0 aliphatic heterocycles. The van der Waals surface area contributed by atoms with Crippen LogP contribution in [0.2, 0.25) is 0 Å². The van der Waals surface area contributed by atoms with E-state index in [0.29, 0.717) is 17.7 Å². The summed E-state index contributed by atoms with van der Waals surface area (Å²) in [5.74, 6) is -6.95. The number of halogens is 8. The Morgan fingerprint density at radius 2 is 1.37 bits per heavy atom. The van der Waals surface area contributed by atoms with Crippen LogP contribution in [0.1, 0.15) is 16.7 Å². The van der Waals surface area contributed by atoms with Gasteiger partial charge < -0.3 is 4.74 Å². The first-order chi connectivity index (χ1) is 13.9. The van der Waals surface area contributed by atoms with E-state index in [1.165, 1.54) is 12.4 Å². The standard InChI is InChI=1S/C19H10F8N2O/c1-9-7-28-17(29-8-9)10-2-3-12(13(20)4-10)19(26,27)30-11-5-14(21)16(15(22)6-11)18(23,24)25/h2-8H,1H3. The maximum absolute atomic E-state index is 14.3. The highest BCUT2D eigenvalue weighted by molar-refractivity contribution is 5.55. The maximum atomic E-state index is 14.3. The quantitative estimate of drug-likeness (QED) is 0.472. The zero-order valence-corrected chi connectivity index (χ0v) is 14.9. The fourth-order valence-corrected chi connectivity index (χ4v) is 2.51. The maximum Gasteiger partial charge on any atom is 0.429 e. The molecule has 0 aliphatic carbocycles. The van der Waals surface area contributed by atoms with E-state index >= 15 is 0 Å². The van der Waals surface area contributed by atoms with E-state index in [1.807, 2.05) is 0 Å². The predicted molar refractivity (Wildman–Crippen MR) is 88.0 cm³/mol. The molecular weight excluding hydrogens is 424 g/mol. The van der Waals surface area contributed by atoms with Crippen LogP contribution in [0.25, 0.3) is 11.4 Å². The zero-order valence-electron chi connectivity index (χ0n) is 14.9. The summed E-state index contributed by atoms with van der Waals surface area (Å²) >= 11 is 0. The van der Waals surface area contributed by atoms with Gasteiger partial charge in [-0.1, -0.05) is 6.07 Å². The number of hydrogen-bond donors (Lipinski definition) is 0. The minimum Gasteiger partial charge on any atom is -0.429 e. The summed E-state index contributed by atoms with van der Waals surface area (Å²) in [6, 6.07) is 2.28. The van der Waals surface area contributed by atoms with Gasteiger partial charge in [0.2, 0.25) is 0 Å². The predicted octanol–water partition coefficient (Wildman–Crippen LogP) is 6.02. The minimum atomic E-state index is -5.38. The summed E-state index contributed by atoms with van der Waals surface area (Å²) < 4.78 is 112. The van der Waals surface area contributed by atoms with Gasteiger partial charge in [0, 0.05) is 30.1 Å². The molecule has 0 fully saturated rings. The Hall–Kier alpha value is -3.24. The van der Waals surface area contributed by atoms with Gasteiger partial charge in [-0.15, -0.1) is 0 Å². The molecule has 0 bridgehead atoms. The van der Waals surface area contributed by atoms with Gasteiger partial charge in [0.1, 0.15) is 28.8 Å². The van der Waals surface area contributed by atoms with E-state index in [0.717, 1.165) is 6.07 Å². The van der Waals surface area contributed by atoms with Crippen LogP contribution in [-0.4, -0.2) is 9.97 Å². The molecule has 158 valence electrons. The summed E-state index contributed by atoms with van der Waals surface area (Å²) in [4.78, 5) is 7.85. The van der Waals surface area contributed by atoms with E-state index < -0.39 is 46.6 Å². The molecule has 0 spiro atoms. The summed E-state index contributed by atoms with van der Waals surface area (Å²) in [5.41, 5.74) is -2.78. The van der Waals surface area contributed by atoms with Crippen LogP contribution in [0.15, 0.2) is 42.7 Å². The third-order valence-corrected chi connectivity index (χ3v) is 3.87. The molecule has 0 saturated heterocycles. The average molecular weight is 434 g/mol. The van der Waals surface area contributed by atoms with E-state index in [2.05, 4.69) is 14.7 Å². The molecule has 0 radical (unpaired) electrons. The van der Waals surface area contributed by atoms with E-state index in [-0.39, 0.29) is 23.5 Å². The van der Waals surface area contributed by atoms with Gasteiger partial charge in [-0.3, -0.25) is 0 Å². The molecule has 0 unspecified atom stereocenters. The molecular formula is C19H10F8N2O. The molecule has 30 heavy (non-hydrogen) atoms. The fraction of sp³-hybridized carbons (Fsp3) is 0.158. The van der Waals surface area contributed by atoms with Gasteiger partial charge in [0.15, 0.2) is 5.82 Å². The highest BCUT2D eigenvalue weighted by Gasteiger charge is 2.41. The van der Waals surface area contributed by atoms with Gasteiger partial charge in [-0.05, 0) is 24.6 Å². The molecule has 3 nitrogen and oxygen atoms in total. The number of aromatic nitrogens is 2. The summed E-state index contributed by atoms with van der Waals surface area (Å²) in [7, 11) is 0. The summed E-state index contributed by atoms with van der Waals surface area (Å²) in [5, 5.41) is 0. The van der Waals surface area contributed by atoms with Gasteiger partial charge in [-0.2, -0.15) is 22.0 Å². The van der Waals surface area contributed by atoms with Crippen LogP contribution in [0.3, 0.4) is 0 Å². The SMILES string of the molecule is Cc1cnc(-c2ccc(C(F)(F)Oc3cc(F)c(C(F)(F)F)c(F)c3)c(F)c2)nc1. The summed E-state index contributed by atoms with van der Waals surface area (Å²) in [6.07, 6.45) is -6.97. The molecule has 3 rings (SSSR count). The second kappa shape index (κ2) is 7.54. The molecule has 0 aliphatic rings. The normalized spacial score (nSPS) is 12.2. The van der Waals surface area contributed by atoms with Gasteiger partial charge >= 0.3 is 12.3 Å². The first-order valence-corrected chi connectivity index (χ1v) is 8.10. The van der Waals surface area contributed by atoms with Crippen molar-refractivity contribution < 1.29 is 39.9 Å². The lowest BCUT2D eigenvalue weighted by molar-refractivity contribution is -0.187. The van der Waals surface area contributed by atoms with Crippen LogP contribution in [0, 0.1) is 24.4 Å². The summed E-state index contributed by atoms with van der Waals surface area (Å²) in [6.45, 7) is 1.71. The third kappa shape index (κ3) is 4.34. The topological polar surface area (TPSA) is 35.0 Å². The van der Waals surface area contributed by atoms with Crippen LogP contribution in [-0.2, 0) is 12.3 Å². The Morgan fingerprint density at radius 1 is 0.800 bits per heavy atom. The first-order valence-electron chi connectivity index (χ1n) is 8.10. The molecule has 3 aromatic rings. The highest BCUT2D eigenvalue weighted by atomic mass is 19.4. The number of ether oxygens (including phenoxy) is 1. The Kier molecular flexibility index (Phi) is 5.40. The number of nitrogens with zero attached hydrogens (tertiary/aromatic N) is 2. The molecule has 11 heteroatoms. The Labute approximate surface area is 164 Å². The van der Waals surface area contributed by atoms with Crippen LogP contribution in [0.4, 0.5) is 35.1 Å². The van der Waals surface area contributed by atoms with Crippen molar-refractivity contribution in [3.63, 3.8) is 0 Å².